The Morgan fingerprint density at radius 2 is 2.33 bits per heavy atom. The quantitative estimate of drug-likeness (QED) is 0.785. The fourth-order valence-electron chi connectivity index (χ4n) is 1.31. The van der Waals surface area contributed by atoms with Crippen molar-refractivity contribution in [1.82, 2.24) is 9.97 Å². The zero-order valence-electron chi connectivity index (χ0n) is 8.66. The van der Waals surface area contributed by atoms with Crippen LogP contribution in [-0.4, -0.2) is 16.5 Å². The smallest absolute Gasteiger partial charge is 0.148 e. The molecule has 1 N–H and O–H groups in total. The highest BCUT2D eigenvalue weighted by Gasteiger charge is 2.06. The van der Waals surface area contributed by atoms with Crippen LogP contribution in [0, 0.1) is 18.8 Å². The molecule has 0 spiro atoms. The highest BCUT2D eigenvalue weighted by molar-refractivity contribution is 7.18. The first kappa shape index (κ1) is 9.94. The highest BCUT2D eigenvalue weighted by Crippen LogP contribution is 2.28. The molecular weight excluding hydrogens is 206 g/mol. The van der Waals surface area contributed by atoms with Crippen molar-refractivity contribution >= 4 is 27.4 Å². The second kappa shape index (κ2) is 4.28. The first-order valence-electron chi connectivity index (χ1n) is 4.65. The summed E-state index contributed by atoms with van der Waals surface area (Å²) in [6.45, 7) is 4.51. The highest BCUT2D eigenvalue weighted by atomic mass is 32.1. The fourth-order valence-corrected chi connectivity index (χ4v) is 2.28. The van der Waals surface area contributed by atoms with Gasteiger partial charge in [0.15, 0.2) is 0 Å². The molecule has 0 aliphatic rings. The lowest BCUT2D eigenvalue weighted by Gasteiger charge is -2.01. The van der Waals surface area contributed by atoms with Gasteiger partial charge in [0.2, 0.25) is 0 Å². The first-order valence-corrected chi connectivity index (χ1v) is 5.53. The van der Waals surface area contributed by atoms with Crippen LogP contribution in [0.1, 0.15) is 12.5 Å². The van der Waals surface area contributed by atoms with E-state index in [4.69, 9.17) is 0 Å². The molecule has 2 rings (SSSR count). The van der Waals surface area contributed by atoms with Crippen LogP contribution in [0.25, 0.3) is 10.2 Å². The lowest BCUT2D eigenvalue weighted by molar-refractivity contribution is 1.19. The van der Waals surface area contributed by atoms with Gasteiger partial charge in [-0.3, -0.25) is 0 Å². The first-order chi connectivity index (χ1) is 7.33. The molecule has 0 fully saturated rings. The predicted octanol–water partition coefficient (Wildman–Crippen LogP) is 2.43. The number of hydrogen-bond acceptors (Lipinski definition) is 4. The largest absolute Gasteiger partial charge is 0.358 e. The average Bonchev–Trinajstić information content (AvgIpc) is 2.62. The third-order valence-corrected chi connectivity index (χ3v) is 3.15. The predicted molar refractivity (Wildman–Crippen MR) is 64.1 cm³/mol. The summed E-state index contributed by atoms with van der Waals surface area (Å²) in [4.78, 5) is 8.47. The molecular formula is C11H11N3S. The van der Waals surface area contributed by atoms with Gasteiger partial charge in [-0.05, 0) is 24.8 Å². The Hall–Kier alpha value is -1.60. The Morgan fingerprint density at radius 1 is 1.47 bits per heavy atom. The summed E-state index contributed by atoms with van der Waals surface area (Å²) in [6, 6.07) is 0. The lowest BCUT2D eigenvalue weighted by Crippen LogP contribution is -2.01. The molecule has 0 aromatic carbocycles. The molecule has 2 aromatic rings. The van der Waals surface area contributed by atoms with Crippen LogP contribution < -0.4 is 5.32 Å². The molecule has 0 radical (unpaired) electrons. The van der Waals surface area contributed by atoms with Gasteiger partial charge in [-0.15, -0.1) is 17.3 Å². The Bertz CT molecular complexity index is 533. The molecule has 0 amide bonds. The third-order valence-electron chi connectivity index (χ3n) is 2.05. The Balaban J connectivity index is 2.37. The maximum absolute atomic E-state index is 4.25. The third kappa shape index (κ3) is 1.92. The van der Waals surface area contributed by atoms with Gasteiger partial charge in [0, 0.05) is 0 Å². The van der Waals surface area contributed by atoms with Gasteiger partial charge in [0.1, 0.15) is 12.1 Å². The molecule has 15 heavy (non-hydrogen) atoms. The van der Waals surface area contributed by atoms with E-state index < -0.39 is 0 Å². The van der Waals surface area contributed by atoms with Gasteiger partial charge in [-0.25, -0.2) is 9.97 Å². The second-order valence-corrected chi connectivity index (χ2v) is 3.98. The Labute approximate surface area is 92.6 Å². The van der Waals surface area contributed by atoms with E-state index in [2.05, 4.69) is 39.4 Å². The molecule has 0 bridgehead atoms. The number of hydrogen-bond donors (Lipinski definition) is 1. The monoisotopic (exact) mass is 217 g/mol. The van der Waals surface area contributed by atoms with Crippen LogP contribution in [0.15, 0.2) is 11.7 Å². The van der Waals surface area contributed by atoms with E-state index in [1.807, 2.05) is 6.92 Å². The Kier molecular flexibility index (Phi) is 2.84. The fraction of sp³-hybridized carbons (Fsp3) is 0.273. The minimum atomic E-state index is 0.625. The number of rotatable bonds is 2. The van der Waals surface area contributed by atoms with E-state index in [9.17, 15) is 0 Å². The van der Waals surface area contributed by atoms with Crippen molar-refractivity contribution in [3.05, 3.63) is 17.3 Å². The van der Waals surface area contributed by atoms with Gasteiger partial charge in [-0.2, -0.15) is 0 Å². The zero-order valence-corrected chi connectivity index (χ0v) is 9.48. The van der Waals surface area contributed by atoms with Crippen LogP contribution in [0.3, 0.4) is 0 Å². The van der Waals surface area contributed by atoms with Crippen molar-refractivity contribution in [2.45, 2.75) is 13.8 Å². The molecule has 0 unspecified atom stereocenters. The normalized spacial score (nSPS) is 9.73. The molecule has 76 valence electrons. The molecule has 2 aromatic heterocycles. The summed E-state index contributed by atoms with van der Waals surface area (Å²) in [6.07, 6.45) is 1.59. The summed E-state index contributed by atoms with van der Waals surface area (Å²) in [7, 11) is 0. The van der Waals surface area contributed by atoms with Gasteiger partial charge >= 0.3 is 0 Å². The van der Waals surface area contributed by atoms with Crippen molar-refractivity contribution < 1.29 is 0 Å². The summed E-state index contributed by atoms with van der Waals surface area (Å²) >= 11 is 1.66. The molecule has 3 nitrogen and oxygen atoms in total. The number of nitrogens with one attached hydrogen (secondary N) is 1. The van der Waals surface area contributed by atoms with Crippen molar-refractivity contribution in [2.75, 3.05) is 11.9 Å². The average molecular weight is 217 g/mol. The Morgan fingerprint density at radius 3 is 3.13 bits per heavy atom. The molecule has 4 heteroatoms. The lowest BCUT2D eigenvalue weighted by atomic mass is 10.3. The van der Waals surface area contributed by atoms with E-state index in [1.165, 1.54) is 5.56 Å². The zero-order chi connectivity index (χ0) is 10.7. The van der Waals surface area contributed by atoms with E-state index >= 15 is 0 Å². The van der Waals surface area contributed by atoms with Gasteiger partial charge in [0.05, 0.1) is 16.8 Å². The van der Waals surface area contributed by atoms with Crippen LogP contribution in [-0.2, 0) is 0 Å². The number of aryl methyl sites for hydroxylation is 1. The van der Waals surface area contributed by atoms with Crippen LogP contribution in [0.4, 0.5) is 5.82 Å². The summed E-state index contributed by atoms with van der Waals surface area (Å²) in [5.41, 5.74) is 2.23. The summed E-state index contributed by atoms with van der Waals surface area (Å²) < 4.78 is 1.10. The summed E-state index contributed by atoms with van der Waals surface area (Å²) in [5.74, 6) is 6.67. The van der Waals surface area contributed by atoms with Crippen molar-refractivity contribution in [3.8, 4) is 11.8 Å². The van der Waals surface area contributed by atoms with Crippen LogP contribution in [0.2, 0.25) is 0 Å². The van der Waals surface area contributed by atoms with E-state index in [0.717, 1.165) is 16.0 Å². The van der Waals surface area contributed by atoms with E-state index in [-0.39, 0.29) is 0 Å². The van der Waals surface area contributed by atoms with Gasteiger partial charge in [0.25, 0.3) is 0 Å². The SMILES string of the molecule is CC#CCNc1ncnc2c(C)csc12. The van der Waals surface area contributed by atoms with Gasteiger partial charge in [-0.1, -0.05) is 5.92 Å². The van der Waals surface area contributed by atoms with E-state index in [0.29, 0.717) is 6.54 Å². The standard InChI is InChI=1S/C11H11N3S/c1-3-4-5-12-11-10-9(13-7-14-11)8(2)6-15-10/h6-7H,5H2,1-2H3,(H,12,13,14). The number of aromatic nitrogens is 2. The molecule has 2 heterocycles. The number of anilines is 1. The molecule has 0 atom stereocenters. The topological polar surface area (TPSA) is 37.8 Å². The van der Waals surface area contributed by atoms with Gasteiger partial charge < -0.3 is 5.32 Å². The molecule has 0 aliphatic carbocycles. The molecule has 0 aliphatic heterocycles. The van der Waals surface area contributed by atoms with Crippen LogP contribution >= 0.6 is 11.3 Å². The minimum Gasteiger partial charge on any atom is -0.358 e. The van der Waals surface area contributed by atoms with Crippen molar-refractivity contribution in [2.24, 2.45) is 0 Å². The molecule has 0 saturated carbocycles. The minimum absolute atomic E-state index is 0.625. The van der Waals surface area contributed by atoms with Crippen molar-refractivity contribution in [1.29, 1.82) is 0 Å². The number of fused-ring (bicyclic) bond motifs is 1. The van der Waals surface area contributed by atoms with Crippen LogP contribution in [0.5, 0.6) is 0 Å². The number of thiophene rings is 1. The van der Waals surface area contributed by atoms with E-state index in [1.54, 1.807) is 17.7 Å². The number of nitrogens with zero attached hydrogens (tertiary/aromatic N) is 2. The summed E-state index contributed by atoms with van der Waals surface area (Å²) in [5, 5.41) is 5.28. The second-order valence-electron chi connectivity index (χ2n) is 3.10. The van der Waals surface area contributed by atoms with Crippen molar-refractivity contribution in [3.63, 3.8) is 0 Å². The maximum atomic E-state index is 4.25. The molecule has 0 saturated heterocycles. The maximum Gasteiger partial charge on any atom is 0.148 e.